The molecule has 1 heterocycles. The number of anilines is 1. The summed E-state index contributed by atoms with van der Waals surface area (Å²) in [6, 6.07) is 17.4. The Hall–Kier alpha value is -2.14. The summed E-state index contributed by atoms with van der Waals surface area (Å²) in [4.78, 5) is 26.7. The molecule has 0 aliphatic carbocycles. The highest BCUT2D eigenvalue weighted by atomic mass is 79.9. The van der Waals surface area contributed by atoms with E-state index in [0.717, 1.165) is 15.7 Å². The molecule has 130 valence electrons. The Kier molecular flexibility index (Phi) is 5.87. The molecule has 3 rings (SSSR count). The number of hydrogen-bond donors (Lipinski definition) is 1. The van der Waals surface area contributed by atoms with E-state index in [1.165, 1.54) is 0 Å². The number of hydrogen-bond acceptors (Lipinski definition) is 2. The molecule has 0 radical (unpaired) electrons. The minimum atomic E-state index is -0.0419. The van der Waals surface area contributed by atoms with E-state index in [9.17, 15) is 9.59 Å². The molecule has 2 amide bonds. The molecule has 0 atom stereocenters. The van der Waals surface area contributed by atoms with Crippen molar-refractivity contribution in [2.75, 3.05) is 18.4 Å². The highest BCUT2D eigenvalue weighted by molar-refractivity contribution is 9.10. The summed E-state index contributed by atoms with van der Waals surface area (Å²) in [6.07, 6.45) is 1.84. The fraction of sp³-hybridized carbons (Fsp3) is 0.300. The number of likely N-dealkylation sites (tertiary alicyclic amines) is 1. The highest BCUT2D eigenvalue weighted by Gasteiger charge is 2.27. The summed E-state index contributed by atoms with van der Waals surface area (Å²) in [7, 11) is 0. The second kappa shape index (κ2) is 8.30. The van der Waals surface area contributed by atoms with Gasteiger partial charge in [-0.3, -0.25) is 9.59 Å². The highest BCUT2D eigenvalue weighted by Crippen LogP contribution is 2.21. The van der Waals surface area contributed by atoms with E-state index in [0.29, 0.717) is 32.4 Å². The van der Waals surface area contributed by atoms with Crippen molar-refractivity contribution in [2.24, 2.45) is 5.92 Å². The lowest BCUT2D eigenvalue weighted by atomic mass is 9.95. The molecule has 25 heavy (non-hydrogen) atoms. The third-order valence-electron chi connectivity index (χ3n) is 4.51. The largest absolute Gasteiger partial charge is 0.342 e. The standard InChI is InChI=1S/C20H21BrN2O2/c21-17-7-4-8-18(14-17)22-20(25)16-9-11-23(12-10-16)19(24)13-15-5-2-1-3-6-15/h1-8,14,16H,9-13H2,(H,22,25). The third-order valence-corrected chi connectivity index (χ3v) is 5.00. The van der Waals surface area contributed by atoms with Crippen molar-refractivity contribution >= 4 is 33.4 Å². The van der Waals surface area contributed by atoms with Crippen molar-refractivity contribution < 1.29 is 9.59 Å². The molecule has 5 heteroatoms. The lowest BCUT2D eigenvalue weighted by Crippen LogP contribution is -2.42. The van der Waals surface area contributed by atoms with Crippen LogP contribution >= 0.6 is 15.9 Å². The summed E-state index contributed by atoms with van der Waals surface area (Å²) >= 11 is 3.40. The summed E-state index contributed by atoms with van der Waals surface area (Å²) in [5.74, 6) is 0.130. The topological polar surface area (TPSA) is 49.4 Å². The van der Waals surface area contributed by atoms with E-state index in [2.05, 4.69) is 21.2 Å². The third kappa shape index (κ3) is 4.92. The fourth-order valence-electron chi connectivity index (χ4n) is 3.08. The van der Waals surface area contributed by atoms with E-state index >= 15 is 0 Å². The van der Waals surface area contributed by atoms with Gasteiger partial charge in [0.2, 0.25) is 11.8 Å². The Morgan fingerprint density at radius 2 is 1.76 bits per heavy atom. The molecule has 1 N–H and O–H groups in total. The number of halogens is 1. The van der Waals surface area contributed by atoms with Crippen molar-refractivity contribution in [1.29, 1.82) is 0 Å². The molecule has 1 aliphatic rings. The molecule has 0 aromatic heterocycles. The van der Waals surface area contributed by atoms with Gasteiger partial charge in [-0.25, -0.2) is 0 Å². The summed E-state index contributed by atoms with van der Waals surface area (Å²) in [5, 5.41) is 2.96. The minimum absolute atomic E-state index is 0.0354. The van der Waals surface area contributed by atoms with Crippen molar-refractivity contribution in [3.63, 3.8) is 0 Å². The SMILES string of the molecule is O=C(Nc1cccc(Br)c1)C1CCN(C(=O)Cc2ccccc2)CC1. The molecule has 0 bridgehead atoms. The monoisotopic (exact) mass is 400 g/mol. The number of amides is 2. The predicted octanol–water partition coefficient (Wildman–Crippen LogP) is 3.87. The lowest BCUT2D eigenvalue weighted by molar-refractivity contribution is -0.133. The van der Waals surface area contributed by atoms with Gasteiger partial charge >= 0.3 is 0 Å². The number of rotatable bonds is 4. The molecular weight excluding hydrogens is 380 g/mol. The predicted molar refractivity (Wildman–Crippen MR) is 102 cm³/mol. The number of benzene rings is 2. The van der Waals surface area contributed by atoms with Crippen LogP contribution in [0.4, 0.5) is 5.69 Å². The van der Waals surface area contributed by atoms with Gasteiger partial charge < -0.3 is 10.2 Å². The second-order valence-electron chi connectivity index (χ2n) is 6.32. The van der Waals surface area contributed by atoms with Crippen LogP contribution in [0.1, 0.15) is 18.4 Å². The summed E-state index contributed by atoms with van der Waals surface area (Å²) in [5.41, 5.74) is 1.82. The van der Waals surface area contributed by atoms with Gasteiger partial charge in [-0.1, -0.05) is 52.3 Å². The van der Waals surface area contributed by atoms with E-state index < -0.39 is 0 Å². The molecule has 0 saturated carbocycles. The fourth-order valence-corrected chi connectivity index (χ4v) is 3.48. The van der Waals surface area contributed by atoms with Gasteiger partial charge in [0.25, 0.3) is 0 Å². The average molecular weight is 401 g/mol. The van der Waals surface area contributed by atoms with Crippen molar-refractivity contribution in [3.05, 3.63) is 64.6 Å². The van der Waals surface area contributed by atoms with Crippen LogP contribution in [0.15, 0.2) is 59.1 Å². The molecule has 2 aromatic carbocycles. The van der Waals surface area contributed by atoms with E-state index in [-0.39, 0.29) is 17.7 Å². The molecule has 2 aromatic rings. The Bertz CT molecular complexity index is 740. The number of piperidine rings is 1. The molecule has 1 saturated heterocycles. The zero-order chi connectivity index (χ0) is 17.6. The summed E-state index contributed by atoms with van der Waals surface area (Å²) in [6.45, 7) is 1.28. The number of carbonyl (C=O) groups excluding carboxylic acids is 2. The maximum Gasteiger partial charge on any atom is 0.227 e. The van der Waals surface area contributed by atoms with Crippen LogP contribution in [0.2, 0.25) is 0 Å². The van der Waals surface area contributed by atoms with Gasteiger partial charge in [-0.2, -0.15) is 0 Å². The molecular formula is C20H21BrN2O2. The molecule has 1 fully saturated rings. The van der Waals surface area contributed by atoms with Crippen LogP contribution in [-0.4, -0.2) is 29.8 Å². The first-order chi connectivity index (χ1) is 12.1. The minimum Gasteiger partial charge on any atom is -0.342 e. The zero-order valence-corrected chi connectivity index (χ0v) is 15.5. The Balaban J connectivity index is 1.49. The van der Waals surface area contributed by atoms with E-state index in [4.69, 9.17) is 0 Å². The lowest BCUT2D eigenvalue weighted by Gasteiger charge is -2.31. The Morgan fingerprint density at radius 1 is 1.04 bits per heavy atom. The van der Waals surface area contributed by atoms with Gasteiger partial charge in [0.1, 0.15) is 0 Å². The molecule has 4 nitrogen and oxygen atoms in total. The van der Waals surface area contributed by atoms with Gasteiger partial charge in [-0.15, -0.1) is 0 Å². The first-order valence-corrected chi connectivity index (χ1v) is 9.29. The second-order valence-corrected chi connectivity index (χ2v) is 7.23. The van der Waals surface area contributed by atoms with E-state index in [1.807, 2.05) is 59.5 Å². The first-order valence-electron chi connectivity index (χ1n) is 8.50. The smallest absolute Gasteiger partial charge is 0.227 e. The Morgan fingerprint density at radius 3 is 2.44 bits per heavy atom. The van der Waals surface area contributed by atoms with Gasteiger partial charge in [0.05, 0.1) is 6.42 Å². The maximum absolute atomic E-state index is 12.4. The first kappa shape index (κ1) is 17.7. The maximum atomic E-state index is 12.4. The van der Waals surface area contributed by atoms with E-state index in [1.54, 1.807) is 0 Å². The quantitative estimate of drug-likeness (QED) is 0.846. The van der Waals surface area contributed by atoms with Crippen molar-refractivity contribution in [3.8, 4) is 0 Å². The van der Waals surface area contributed by atoms with Crippen LogP contribution in [0.3, 0.4) is 0 Å². The van der Waals surface area contributed by atoms with Gasteiger partial charge in [0, 0.05) is 29.2 Å². The number of nitrogens with one attached hydrogen (secondary N) is 1. The van der Waals surface area contributed by atoms with Crippen molar-refractivity contribution in [1.82, 2.24) is 4.90 Å². The molecule has 1 aliphatic heterocycles. The van der Waals surface area contributed by atoms with Crippen LogP contribution in [-0.2, 0) is 16.0 Å². The van der Waals surface area contributed by atoms with Crippen LogP contribution in [0, 0.1) is 5.92 Å². The van der Waals surface area contributed by atoms with Crippen LogP contribution in [0.5, 0.6) is 0 Å². The Labute approximate surface area is 156 Å². The molecule has 0 spiro atoms. The molecule has 0 unspecified atom stereocenters. The summed E-state index contributed by atoms with van der Waals surface area (Å²) < 4.78 is 0.937. The van der Waals surface area contributed by atoms with Gasteiger partial charge in [0.15, 0.2) is 0 Å². The van der Waals surface area contributed by atoms with Crippen LogP contribution < -0.4 is 5.32 Å². The normalized spacial score (nSPS) is 15.0. The number of nitrogens with zero attached hydrogens (tertiary/aromatic N) is 1. The zero-order valence-electron chi connectivity index (χ0n) is 14.0. The van der Waals surface area contributed by atoms with Crippen molar-refractivity contribution in [2.45, 2.75) is 19.3 Å². The van der Waals surface area contributed by atoms with Gasteiger partial charge in [-0.05, 0) is 36.6 Å². The average Bonchev–Trinajstić information content (AvgIpc) is 2.62. The van der Waals surface area contributed by atoms with Crippen LogP contribution in [0.25, 0.3) is 0 Å². The number of carbonyl (C=O) groups is 2.